The van der Waals surface area contributed by atoms with Crippen LogP contribution in [0.4, 0.5) is 5.69 Å². The number of hydrogen-bond acceptors (Lipinski definition) is 5. The number of hydrogen-bond donors (Lipinski definition) is 1. The summed E-state index contributed by atoms with van der Waals surface area (Å²) < 4.78 is 39.3. The average molecular weight is 433 g/mol. The van der Waals surface area contributed by atoms with Crippen molar-refractivity contribution in [2.24, 2.45) is 0 Å². The fourth-order valence-corrected chi connectivity index (χ4v) is 5.43. The molecule has 1 aliphatic heterocycles. The quantitative estimate of drug-likeness (QED) is 0.479. The third kappa shape index (κ3) is 4.70. The van der Waals surface area contributed by atoms with E-state index >= 15 is 0 Å². The SMILES string of the molecule is CCOC(CCCNC1c2ccccc2N(C)S(=O)(=O)c2cc(C)ccc21)OCC. The highest BCUT2D eigenvalue weighted by atomic mass is 32.2. The van der Waals surface area contributed by atoms with E-state index in [2.05, 4.69) is 5.32 Å². The molecule has 1 atom stereocenters. The number of ether oxygens (including phenoxy) is 2. The van der Waals surface area contributed by atoms with Crippen molar-refractivity contribution < 1.29 is 17.9 Å². The molecule has 0 aromatic heterocycles. The first-order valence-electron chi connectivity index (χ1n) is 10.5. The van der Waals surface area contributed by atoms with Crippen LogP contribution in [0.3, 0.4) is 0 Å². The van der Waals surface area contributed by atoms with E-state index in [1.165, 1.54) is 4.31 Å². The lowest BCUT2D eigenvalue weighted by molar-refractivity contribution is -0.139. The minimum Gasteiger partial charge on any atom is -0.353 e. The van der Waals surface area contributed by atoms with Crippen LogP contribution in [0.15, 0.2) is 47.4 Å². The third-order valence-corrected chi connectivity index (χ3v) is 7.20. The van der Waals surface area contributed by atoms with Gasteiger partial charge in [0.15, 0.2) is 6.29 Å². The van der Waals surface area contributed by atoms with Crippen molar-refractivity contribution in [1.29, 1.82) is 0 Å². The Morgan fingerprint density at radius 2 is 1.77 bits per heavy atom. The van der Waals surface area contributed by atoms with Crippen LogP contribution in [0.25, 0.3) is 0 Å². The Balaban J connectivity index is 1.89. The van der Waals surface area contributed by atoms with Gasteiger partial charge in [-0.05, 0) is 69.0 Å². The number of sulfonamides is 1. The van der Waals surface area contributed by atoms with E-state index < -0.39 is 10.0 Å². The number of aryl methyl sites for hydroxylation is 1. The Hall–Kier alpha value is -1.93. The van der Waals surface area contributed by atoms with Gasteiger partial charge in [0.25, 0.3) is 10.0 Å². The van der Waals surface area contributed by atoms with Crippen LogP contribution in [0.1, 0.15) is 49.4 Å². The Morgan fingerprint density at radius 1 is 1.07 bits per heavy atom. The molecule has 0 radical (unpaired) electrons. The summed E-state index contributed by atoms with van der Waals surface area (Å²) in [6.07, 6.45) is 1.43. The highest BCUT2D eigenvalue weighted by Crippen LogP contribution is 2.40. The average Bonchev–Trinajstić information content (AvgIpc) is 2.79. The van der Waals surface area contributed by atoms with Crippen LogP contribution in [0, 0.1) is 6.92 Å². The molecule has 0 bridgehead atoms. The van der Waals surface area contributed by atoms with E-state index in [-0.39, 0.29) is 12.3 Å². The molecule has 2 aromatic carbocycles. The maximum absolute atomic E-state index is 13.3. The molecule has 0 saturated heterocycles. The summed E-state index contributed by atoms with van der Waals surface area (Å²) >= 11 is 0. The second-order valence-corrected chi connectivity index (χ2v) is 9.38. The Bertz CT molecular complexity index is 955. The molecule has 0 aliphatic carbocycles. The molecule has 164 valence electrons. The summed E-state index contributed by atoms with van der Waals surface area (Å²) in [4.78, 5) is 0.361. The minimum atomic E-state index is -3.63. The van der Waals surface area contributed by atoms with E-state index in [4.69, 9.17) is 9.47 Å². The van der Waals surface area contributed by atoms with Gasteiger partial charge in [-0.1, -0.05) is 30.3 Å². The molecule has 6 nitrogen and oxygen atoms in total. The van der Waals surface area contributed by atoms with E-state index in [9.17, 15) is 8.42 Å². The molecule has 0 fully saturated rings. The zero-order valence-electron chi connectivity index (χ0n) is 18.2. The predicted octanol–water partition coefficient (Wildman–Crippen LogP) is 3.99. The van der Waals surface area contributed by atoms with Gasteiger partial charge in [-0.15, -0.1) is 0 Å². The van der Waals surface area contributed by atoms with Crippen molar-refractivity contribution >= 4 is 15.7 Å². The van der Waals surface area contributed by atoms with Crippen LogP contribution in [-0.4, -0.2) is 41.5 Å². The topological polar surface area (TPSA) is 67.9 Å². The normalized spacial score (nSPS) is 17.5. The summed E-state index contributed by atoms with van der Waals surface area (Å²) in [5.74, 6) is 0. The molecule has 3 rings (SSSR count). The van der Waals surface area contributed by atoms with Crippen LogP contribution < -0.4 is 9.62 Å². The molecular formula is C23H32N2O4S. The smallest absolute Gasteiger partial charge is 0.264 e. The minimum absolute atomic E-state index is 0.204. The number of nitrogens with one attached hydrogen (secondary N) is 1. The summed E-state index contributed by atoms with van der Waals surface area (Å²) in [5, 5.41) is 3.59. The molecule has 1 unspecified atom stereocenters. The van der Waals surface area contributed by atoms with Gasteiger partial charge >= 0.3 is 0 Å². The van der Waals surface area contributed by atoms with Gasteiger partial charge in [0.1, 0.15) is 0 Å². The first-order valence-corrected chi connectivity index (χ1v) is 12.0. The Labute approximate surface area is 180 Å². The van der Waals surface area contributed by atoms with Gasteiger partial charge in [0.05, 0.1) is 16.6 Å². The number of para-hydroxylation sites is 1. The van der Waals surface area contributed by atoms with Crippen molar-refractivity contribution in [3.63, 3.8) is 0 Å². The van der Waals surface area contributed by atoms with Crippen molar-refractivity contribution in [1.82, 2.24) is 5.32 Å². The highest BCUT2D eigenvalue weighted by Gasteiger charge is 2.34. The molecule has 2 aromatic rings. The molecule has 0 amide bonds. The molecule has 1 N–H and O–H groups in total. The molecule has 30 heavy (non-hydrogen) atoms. The van der Waals surface area contributed by atoms with Crippen LogP contribution in [0.5, 0.6) is 0 Å². The van der Waals surface area contributed by atoms with E-state index in [0.29, 0.717) is 30.3 Å². The van der Waals surface area contributed by atoms with Crippen molar-refractivity contribution in [2.75, 3.05) is 31.1 Å². The van der Waals surface area contributed by atoms with Crippen molar-refractivity contribution in [3.05, 3.63) is 59.2 Å². The third-order valence-electron chi connectivity index (χ3n) is 5.38. The zero-order valence-corrected chi connectivity index (χ0v) is 19.0. The standard InChI is InChI=1S/C23H32N2O4S/c1-5-28-22(29-6-2)12-9-15-24-23-18-10-7-8-11-20(18)25(4)30(26,27)21-16-17(3)13-14-19(21)23/h7-8,10-11,13-14,16,22-24H,5-6,9,12,15H2,1-4H3. The van der Waals surface area contributed by atoms with Crippen LogP contribution >= 0.6 is 0 Å². The number of benzene rings is 2. The number of fused-ring (bicyclic) bond motifs is 2. The van der Waals surface area contributed by atoms with Crippen LogP contribution in [-0.2, 0) is 19.5 Å². The highest BCUT2D eigenvalue weighted by molar-refractivity contribution is 7.92. The van der Waals surface area contributed by atoms with Crippen LogP contribution in [0.2, 0.25) is 0 Å². The van der Waals surface area contributed by atoms with E-state index in [1.807, 2.05) is 57.2 Å². The van der Waals surface area contributed by atoms with Crippen molar-refractivity contribution in [3.8, 4) is 0 Å². The molecule has 0 saturated carbocycles. The molecule has 1 aliphatic rings. The number of nitrogens with zero attached hydrogens (tertiary/aromatic N) is 1. The lowest BCUT2D eigenvalue weighted by Crippen LogP contribution is -2.26. The molecular weight excluding hydrogens is 400 g/mol. The largest absolute Gasteiger partial charge is 0.353 e. The van der Waals surface area contributed by atoms with Gasteiger partial charge in [0.2, 0.25) is 0 Å². The maximum Gasteiger partial charge on any atom is 0.264 e. The first kappa shape index (κ1) is 22.7. The summed E-state index contributed by atoms with van der Waals surface area (Å²) in [7, 11) is -2.01. The fraction of sp³-hybridized carbons (Fsp3) is 0.478. The number of anilines is 1. The monoisotopic (exact) mass is 432 g/mol. The Morgan fingerprint density at radius 3 is 2.47 bits per heavy atom. The summed E-state index contributed by atoms with van der Waals surface area (Å²) in [6, 6.07) is 13.1. The van der Waals surface area contributed by atoms with Gasteiger partial charge in [-0.2, -0.15) is 0 Å². The van der Waals surface area contributed by atoms with Gasteiger partial charge in [-0.25, -0.2) is 8.42 Å². The fourth-order valence-electron chi connectivity index (χ4n) is 3.89. The van der Waals surface area contributed by atoms with E-state index in [0.717, 1.165) is 29.5 Å². The number of rotatable bonds is 9. The van der Waals surface area contributed by atoms with Gasteiger partial charge in [0, 0.05) is 20.3 Å². The Kier molecular flexibility index (Phi) is 7.52. The summed E-state index contributed by atoms with van der Waals surface area (Å²) in [5.41, 5.74) is 3.36. The lowest BCUT2D eigenvalue weighted by atomic mass is 9.96. The lowest BCUT2D eigenvalue weighted by Gasteiger charge is -2.23. The molecule has 0 spiro atoms. The maximum atomic E-state index is 13.3. The van der Waals surface area contributed by atoms with Gasteiger partial charge in [-0.3, -0.25) is 4.31 Å². The molecule has 1 heterocycles. The second kappa shape index (κ2) is 9.92. The molecule has 7 heteroatoms. The van der Waals surface area contributed by atoms with Crippen molar-refractivity contribution in [2.45, 2.75) is 50.8 Å². The summed E-state index contributed by atoms with van der Waals surface area (Å²) in [6.45, 7) is 7.78. The zero-order chi connectivity index (χ0) is 21.7. The van der Waals surface area contributed by atoms with E-state index in [1.54, 1.807) is 13.1 Å². The second-order valence-electron chi connectivity index (χ2n) is 7.44. The first-order chi connectivity index (χ1) is 14.4. The van der Waals surface area contributed by atoms with Gasteiger partial charge < -0.3 is 14.8 Å². The predicted molar refractivity (Wildman–Crippen MR) is 119 cm³/mol.